The Labute approximate surface area is 145 Å². The summed E-state index contributed by atoms with van der Waals surface area (Å²) < 4.78 is 4.97. The minimum absolute atomic E-state index is 0.0272. The van der Waals surface area contributed by atoms with Crippen LogP contribution in [0.25, 0.3) is 4.85 Å². The number of hydrogen-bond donors (Lipinski definition) is 1. The summed E-state index contributed by atoms with van der Waals surface area (Å²) in [4.78, 5) is 27.5. The molecule has 2 saturated carbocycles. The van der Waals surface area contributed by atoms with Gasteiger partial charge in [-0.1, -0.05) is 0 Å². The lowest BCUT2D eigenvalue weighted by molar-refractivity contribution is -0.143. The van der Waals surface area contributed by atoms with Crippen LogP contribution >= 0.6 is 0 Å². The van der Waals surface area contributed by atoms with Crippen LogP contribution in [0.3, 0.4) is 0 Å². The average molecular weight is 334 g/mol. The molecule has 24 heavy (non-hydrogen) atoms. The highest BCUT2D eigenvalue weighted by molar-refractivity contribution is 5.79. The van der Waals surface area contributed by atoms with Crippen molar-refractivity contribution in [3.63, 3.8) is 0 Å². The Bertz CT molecular complexity index is 464. The van der Waals surface area contributed by atoms with Gasteiger partial charge in [0.15, 0.2) is 0 Å². The number of carbonyl (C=O) groups excluding carboxylic acids is 2. The smallest absolute Gasteiger partial charge is 0.305 e. The van der Waals surface area contributed by atoms with Crippen LogP contribution in [-0.2, 0) is 14.3 Å². The number of esters is 1. The summed E-state index contributed by atoms with van der Waals surface area (Å²) in [6, 6.07) is 0.303. The standard InChI is InChI=1S/C19H30N2O3/c1-3-24-18(22)12-9-14-7-10-16(11-8-14)21-19(23)15-5-4-6-17(13-15)20-2/h14-17H,3-13H2,1H3,(H,21,23). The van der Waals surface area contributed by atoms with E-state index in [1.807, 2.05) is 6.92 Å². The molecule has 0 bridgehead atoms. The molecule has 2 aliphatic rings. The second-order valence-corrected chi connectivity index (χ2v) is 7.22. The molecule has 0 saturated heterocycles. The van der Waals surface area contributed by atoms with Gasteiger partial charge in [0.05, 0.1) is 6.61 Å². The first-order valence-electron chi connectivity index (χ1n) is 9.45. The first-order valence-corrected chi connectivity index (χ1v) is 9.45. The zero-order valence-corrected chi connectivity index (χ0v) is 14.8. The lowest BCUT2D eigenvalue weighted by Gasteiger charge is -2.31. The quantitative estimate of drug-likeness (QED) is 0.597. The summed E-state index contributed by atoms with van der Waals surface area (Å²) in [5.41, 5.74) is 0. The molecular weight excluding hydrogens is 304 g/mol. The van der Waals surface area contributed by atoms with Crippen molar-refractivity contribution in [2.45, 2.75) is 83.2 Å². The summed E-state index contributed by atoms with van der Waals surface area (Å²) in [5.74, 6) is 0.654. The van der Waals surface area contributed by atoms with E-state index < -0.39 is 0 Å². The van der Waals surface area contributed by atoms with Crippen LogP contribution in [-0.4, -0.2) is 30.6 Å². The highest BCUT2D eigenvalue weighted by Gasteiger charge is 2.32. The molecule has 0 aromatic rings. The molecule has 2 unspecified atom stereocenters. The second-order valence-electron chi connectivity index (χ2n) is 7.22. The summed E-state index contributed by atoms with van der Waals surface area (Å²) in [5, 5.41) is 3.21. The second kappa shape index (κ2) is 9.66. The molecular formula is C19H30N2O3. The van der Waals surface area contributed by atoms with Gasteiger partial charge in [-0.25, -0.2) is 6.57 Å². The lowest BCUT2D eigenvalue weighted by Crippen LogP contribution is -2.42. The normalized spacial score (nSPS) is 30.2. The fraction of sp³-hybridized carbons (Fsp3) is 0.842. The van der Waals surface area contributed by atoms with Crippen molar-refractivity contribution in [2.75, 3.05) is 6.61 Å². The summed E-state index contributed by atoms with van der Waals surface area (Å²) >= 11 is 0. The topological polar surface area (TPSA) is 59.8 Å². The molecule has 5 nitrogen and oxygen atoms in total. The number of amides is 1. The SMILES string of the molecule is [C-]#[N+]C1CCCC(C(=O)NC2CCC(CCC(=O)OCC)CC2)C1. The molecule has 2 rings (SSSR count). The molecule has 0 aromatic carbocycles. The molecule has 0 radical (unpaired) electrons. The minimum atomic E-state index is -0.0976. The number of carbonyl (C=O) groups is 2. The van der Waals surface area contributed by atoms with E-state index in [0.717, 1.165) is 57.8 Å². The Kier molecular flexibility index (Phi) is 7.55. The predicted octanol–water partition coefficient (Wildman–Crippen LogP) is 3.48. The Morgan fingerprint density at radius 3 is 2.58 bits per heavy atom. The number of ether oxygens (including phenoxy) is 1. The van der Waals surface area contributed by atoms with Crippen LogP contribution in [0.2, 0.25) is 0 Å². The number of rotatable bonds is 6. The third-order valence-corrected chi connectivity index (χ3v) is 5.46. The number of nitrogens with zero attached hydrogens (tertiary/aromatic N) is 1. The molecule has 0 aliphatic heterocycles. The largest absolute Gasteiger partial charge is 0.466 e. The van der Waals surface area contributed by atoms with Crippen LogP contribution in [0.4, 0.5) is 0 Å². The average Bonchev–Trinajstić information content (AvgIpc) is 2.61. The van der Waals surface area contributed by atoms with Gasteiger partial charge in [-0.3, -0.25) is 9.59 Å². The van der Waals surface area contributed by atoms with Crippen molar-refractivity contribution in [2.24, 2.45) is 11.8 Å². The van der Waals surface area contributed by atoms with E-state index >= 15 is 0 Å². The summed E-state index contributed by atoms with van der Waals surface area (Å²) in [7, 11) is 0. The van der Waals surface area contributed by atoms with E-state index in [1.165, 1.54) is 0 Å². The van der Waals surface area contributed by atoms with Gasteiger partial charge in [0.2, 0.25) is 11.9 Å². The van der Waals surface area contributed by atoms with Gasteiger partial charge in [0.1, 0.15) is 0 Å². The van der Waals surface area contributed by atoms with Crippen LogP contribution < -0.4 is 5.32 Å². The third kappa shape index (κ3) is 5.81. The number of nitrogens with one attached hydrogen (secondary N) is 1. The monoisotopic (exact) mass is 334 g/mol. The van der Waals surface area contributed by atoms with Crippen molar-refractivity contribution in [1.29, 1.82) is 0 Å². The molecule has 2 atom stereocenters. The molecule has 2 aliphatic carbocycles. The first-order chi connectivity index (χ1) is 11.6. The number of hydrogen-bond acceptors (Lipinski definition) is 3. The van der Waals surface area contributed by atoms with E-state index in [9.17, 15) is 9.59 Å². The van der Waals surface area contributed by atoms with Crippen LogP contribution in [0.15, 0.2) is 0 Å². The zero-order chi connectivity index (χ0) is 17.4. The summed E-state index contributed by atoms with van der Waals surface area (Å²) in [6.07, 6.45) is 9.13. The fourth-order valence-electron chi connectivity index (χ4n) is 3.99. The maximum atomic E-state index is 12.4. The lowest BCUT2D eigenvalue weighted by atomic mass is 9.82. The Hall–Kier alpha value is -1.57. The highest BCUT2D eigenvalue weighted by atomic mass is 16.5. The predicted molar refractivity (Wildman–Crippen MR) is 92.1 cm³/mol. The van der Waals surface area contributed by atoms with E-state index in [0.29, 0.717) is 18.9 Å². The maximum Gasteiger partial charge on any atom is 0.305 e. The Balaban J connectivity index is 1.66. The molecule has 0 heterocycles. The summed E-state index contributed by atoms with van der Waals surface area (Å²) in [6.45, 7) is 9.44. The van der Waals surface area contributed by atoms with E-state index in [1.54, 1.807) is 0 Å². The van der Waals surface area contributed by atoms with Crippen molar-refractivity contribution in [3.05, 3.63) is 11.4 Å². The molecule has 0 aromatic heterocycles. The molecule has 0 spiro atoms. The molecule has 1 amide bonds. The van der Waals surface area contributed by atoms with Crippen LogP contribution in [0, 0.1) is 18.4 Å². The van der Waals surface area contributed by atoms with Crippen molar-refractivity contribution >= 4 is 11.9 Å². The first kappa shape index (κ1) is 18.8. The van der Waals surface area contributed by atoms with Gasteiger partial charge in [-0.15, -0.1) is 0 Å². The molecule has 2 fully saturated rings. The molecule has 5 heteroatoms. The van der Waals surface area contributed by atoms with E-state index in [-0.39, 0.29) is 29.9 Å². The Morgan fingerprint density at radius 2 is 1.92 bits per heavy atom. The van der Waals surface area contributed by atoms with Crippen LogP contribution in [0.5, 0.6) is 0 Å². The minimum Gasteiger partial charge on any atom is -0.466 e. The van der Waals surface area contributed by atoms with Gasteiger partial charge in [-0.2, -0.15) is 0 Å². The third-order valence-electron chi connectivity index (χ3n) is 5.46. The maximum absolute atomic E-state index is 12.4. The van der Waals surface area contributed by atoms with Gasteiger partial charge in [-0.05, 0) is 57.8 Å². The molecule has 1 N–H and O–H groups in total. The van der Waals surface area contributed by atoms with Crippen molar-refractivity contribution in [1.82, 2.24) is 5.32 Å². The highest BCUT2D eigenvalue weighted by Crippen LogP contribution is 2.30. The van der Waals surface area contributed by atoms with E-state index in [4.69, 9.17) is 11.3 Å². The van der Waals surface area contributed by atoms with E-state index in [2.05, 4.69) is 10.2 Å². The van der Waals surface area contributed by atoms with Gasteiger partial charge in [0.25, 0.3) is 0 Å². The van der Waals surface area contributed by atoms with Gasteiger partial charge in [0, 0.05) is 31.2 Å². The van der Waals surface area contributed by atoms with Crippen molar-refractivity contribution < 1.29 is 14.3 Å². The zero-order valence-electron chi connectivity index (χ0n) is 14.8. The Morgan fingerprint density at radius 1 is 1.17 bits per heavy atom. The fourth-order valence-corrected chi connectivity index (χ4v) is 3.99. The molecule has 134 valence electrons. The van der Waals surface area contributed by atoms with Crippen LogP contribution in [0.1, 0.15) is 71.1 Å². The van der Waals surface area contributed by atoms with Crippen molar-refractivity contribution in [3.8, 4) is 0 Å². The van der Waals surface area contributed by atoms with Gasteiger partial charge < -0.3 is 14.9 Å². The van der Waals surface area contributed by atoms with Gasteiger partial charge >= 0.3 is 5.97 Å².